The van der Waals surface area contributed by atoms with E-state index in [1.54, 1.807) is 0 Å². The van der Waals surface area contributed by atoms with Gasteiger partial charge in [0.15, 0.2) is 16.8 Å². The molecule has 1 aliphatic heterocycles. The summed E-state index contributed by atoms with van der Waals surface area (Å²) < 4.78 is 39.4. The topological polar surface area (TPSA) is 24.4 Å². The molecule has 2 rings (SSSR count). The molecule has 104 valence electrons. The van der Waals surface area contributed by atoms with Gasteiger partial charge in [-0.3, -0.25) is 4.99 Å². The first kappa shape index (κ1) is 14.2. The van der Waals surface area contributed by atoms with E-state index >= 15 is 0 Å². The molecule has 1 heterocycles. The summed E-state index contributed by atoms with van der Waals surface area (Å²) in [6.07, 6.45) is 0.966. The van der Waals surface area contributed by atoms with Crippen LogP contribution in [0.15, 0.2) is 17.1 Å². The van der Waals surface area contributed by atoms with E-state index in [2.05, 4.69) is 24.2 Å². The predicted octanol–water partition coefficient (Wildman–Crippen LogP) is 4.03. The van der Waals surface area contributed by atoms with E-state index in [9.17, 15) is 13.2 Å². The molecule has 0 bridgehead atoms. The Balaban J connectivity index is 2.19. The Morgan fingerprint density at radius 2 is 1.89 bits per heavy atom. The second-order valence-corrected chi connectivity index (χ2v) is 5.84. The van der Waals surface area contributed by atoms with Gasteiger partial charge >= 0.3 is 0 Å². The lowest BCUT2D eigenvalue weighted by atomic mass is 10.0. The van der Waals surface area contributed by atoms with Gasteiger partial charge in [0.05, 0.1) is 11.7 Å². The van der Waals surface area contributed by atoms with Crippen LogP contribution in [0.4, 0.5) is 18.9 Å². The van der Waals surface area contributed by atoms with Crippen LogP contribution in [0.1, 0.15) is 20.3 Å². The van der Waals surface area contributed by atoms with E-state index < -0.39 is 17.5 Å². The van der Waals surface area contributed by atoms with Crippen molar-refractivity contribution in [1.82, 2.24) is 0 Å². The lowest BCUT2D eigenvalue weighted by Gasteiger charge is -2.23. The van der Waals surface area contributed by atoms with Gasteiger partial charge in [-0.25, -0.2) is 13.2 Å². The minimum absolute atomic E-state index is 0.0884. The van der Waals surface area contributed by atoms with Crippen molar-refractivity contribution in [3.8, 4) is 0 Å². The summed E-state index contributed by atoms with van der Waals surface area (Å²) in [5.41, 5.74) is -0.0884. The summed E-state index contributed by atoms with van der Waals surface area (Å²) in [7, 11) is 0. The van der Waals surface area contributed by atoms with Gasteiger partial charge in [0.1, 0.15) is 5.82 Å². The summed E-state index contributed by atoms with van der Waals surface area (Å²) in [6, 6.07) is 1.52. The summed E-state index contributed by atoms with van der Waals surface area (Å²) in [5, 5.41) is 3.28. The SMILES string of the molecule is CC(C)C1CCSC(Nc2cc(F)c(F)cc2F)=N1. The molecule has 0 amide bonds. The zero-order valence-electron chi connectivity index (χ0n) is 10.7. The Morgan fingerprint density at radius 1 is 1.21 bits per heavy atom. The van der Waals surface area contributed by atoms with Crippen molar-refractivity contribution in [2.24, 2.45) is 10.9 Å². The largest absolute Gasteiger partial charge is 0.332 e. The number of rotatable bonds is 2. The van der Waals surface area contributed by atoms with E-state index in [1.165, 1.54) is 11.8 Å². The highest BCUT2D eigenvalue weighted by Gasteiger charge is 2.20. The minimum Gasteiger partial charge on any atom is -0.332 e. The molecule has 19 heavy (non-hydrogen) atoms. The van der Waals surface area contributed by atoms with Crippen molar-refractivity contribution in [2.45, 2.75) is 26.3 Å². The Kier molecular flexibility index (Phi) is 4.39. The number of benzene rings is 1. The van der Waals surface area contributed by atoms with Crippen molar-refractivity contribution in [2.75, 3.05) is 11.1 Å². The molecule has 1 aromatic carbocycles. The molecule has 1 aromatic rings. The van der Waals surface area contributed by atoms with Crippen molar-refractivity contribution in [3.63, 3.8) is 0 Å². The van der Waals surface area contributed by atoms with Gasteiger partial charge in [-0.15, -0.1) is 0 Å². The quantitative estimate of drug-likeness (QED) is 0.831. The zero-order chi connectivity index (χ0) is 14.0. The molecule has 0 saturated carbocycles. The minimum atomic E-state index is -1.19. The lowest BCUT2D eigenvalue weighted by molar-refractivity contribution is 0.484. The van der Waals surface area contributed by atoms with Crippen molar-refractivity contribution < 1.29 is 13.2 Å². The first-order valence-corrected chi connectivity index (χ1v) is 7.08. The highest BCUT2D eigenvalue weighted by Crippen LogP contribution is 2.25. The number of nitrogens with one attached hydrogen (secondary N) is 1. The van der Waals surface area contributed by atoms with Gasteiger partial charge in [-0.1, -0.05) is 25.6 Å². The molecule has 6 heteroatoms. The summed E-state index contributed by atoms with van der Waals surface area (Å²) in [6.45, 7) is 4.14. The lowest BCUT2D eigenvalue weighted by Crippen LogP contribution is -2.24. The number of hydrogen-bond donors (Lipinski definition) is 1. The third-order valence-corrected chi connectivity index (χ3v) is 3.88. The molecule has 0 radical (unpaired) electrons. The van der Waals surface area contributed by atoms with Crippen LogP contribution in [0.3, 0.4) is 0 Å². The van der Waals surface area contributed by atoms with Gasteiger partial charge in [-0.2, -0.15) is 0 Å². The number of halogens is 3. The standard InChI is InChI=1S/C13H15F3N2S/c1-7(2)11-3-4-19-13(17-11)18-12-6-9(15)8(14)5-10(12)16/h5-7,11H,3-4H2,1-2H3,(H,17,18). The van der Waals surface area contributed by atoms with Crippen LogP contribution in [0.5, 0.6) is 0 Å². The fourth-order valence-corrected chi connectivity index (χ4v) is 2.76. The smallest absolute Gasteiger partial charge is 0.161 e. The number of anilines is 1. The monoisotopic (exact) mass is 288 g/mol. The zero-order valence-corrected chi connectivity index (χ0v) is 11.5. The maximum atomic E-state index is 13.5. The van der Waals surface area contributed by atoms with Crippen LogP contribution in [-0.4, -0.2) is 17.0 Å². The number of amidine groups is 1. The molecule has 1 atom stereocenters. The third-order valence-electron chi connectivity index (χ3n) is 2.96. The number of hydrogen-bond acceptors (Lipinski definition) is 3. The molecule has 1 unspecified atom stereocenters. The molecule has 1 N–H and O–H groups in total. The van der Waals surface area contributed by atoms with Crippen molar-refractivity contribution in [3.05, 3.63) is 29.6 Å². The Morgan fingerprint density at radius 3 is 2.58 bits per heavy atom. The molecule has 0 saturated heterocycles. The second kappa shape index (κ2) is 5.86. The Labute approximate surface area is 114 Å². The van der Waals surface area contributed by atoms with Crippen LogP contribution < -0.4 is 5.32 Å². The third kappa shape index (κ3) is 3.43. The van der Waals surface area contributed by atoms with Gasteiger partial charge in [0.25, 0.3) is 0 Å². The maximum Gasteiger partial charge on any atom is 0.161 e. The number of aliphatic imine (C=N–C) groups is 1. The molecule has 0 aliphatic carbocycles. The van der Waals surface area contributed by atoms with Gasteiger partial charge < -0.3 is 5.32 Å². The highest BCUT2D eigenvalue weighted by atomic mass is 32.2. The molecule has 0 aromatic heterocycles. The fourth-order valence-electron chi connectivity index (χ4n) is 1.81. The predicted molar refractivity (Wildman–Crippen MR) is 73.1 cm³/mol. The van der Waals surface area contributed by atoms with Crippen LogP contribution in [0.25, 0.3) is 0 Å². The van der Waals surface area contributed by atoms with Crippen LogP contribution in [0, 0.1) is 23.4 Å². The summed E-state index contributed by atoms with van der Waals surface area (Å²) in [4.78, 5) is 4.46. The average molecular weight is 288 g/mol. The van der Waals surface area contributed by atoms with Crippen LogP contribution in [-0.2, 0) is 0 Å². The van der Waals surface area contributed by atoms with E-state index in [-0.39, 0.29) is 11.7 Å². The van der Waals surface area contributed by atoms with Gasteiger partial charge in [0.2, 0.25) is 0 Å². The number of thioether (sulfide) groups is 1. The molecular formula is C13H15F3N2S. The van der Waals surface area contributed by atoms with Crippen molar-refractivity contribution >= 4 is 22.6 Å². The Bertz CT molecular complexity index is 503. The molecule has 1 aliphatic rings. The first-order chi connectivity index (χ1) is 8.97. The maximum absolute atomic E-state index is 13.5. The van der Waals surface area contributed by atoms with E-state index in [1.807, 2.05) is 0 Å². The van der Waals surface area contributed by atoms with E-state index in [0.717, 1.165) is 18.2 Å². The van der Waals surface area contributed by atoms with Crippen LogP contribution >= 0.6 is 11.8 Å². The fraction of sp³-hybridized carbons (Fsp3) is 0.462. The van der Waals surface area contributed by atoms with Gasteiger partial charge in [0, 0.05) is 17.9 Å². The molecule has 0 spiro atoms. The van der Waals surface area contributed by atoms with Gasteiger partial charge in [-0.05, 0) is 12.3 Å². The summed E-state index contributed by atoms with van der Waals surface area (Å²) >= 11 is 1.45. The highest BCUT2D eigenvalue weighted by molar-refractivity contribution is 8.14. The molecular weight excluding hydrogens is 273 g/mol. The average Bonchev–Trinajstić information content (AvgIpc) is 2.36. The van der Waals surface area contributed by atoms with E-state index in [4.69, 9.17) is 0 Å². The normalized spacial score (nSPS) is 19.5. The number of nitrogens with zero attached hydrogens (tertiary/aromatic N) is 1. The van der Waals surface area contributed by atoms with Crippen molar-refractivity contribution in [1.29, 1.82) is 0 Å². The molecule has 0 fully saturated rings. The second-order valence-electron chi connectivity index (χ2n) is 4.75. The molecule has 2 nitrogen and oxygen atoms in total. The van der Waals surface area contributed by atoms with E-state index in [0.29, 0.717) is 17.2 Å². The first-order valence-electron chi connectivity index (χ1n) is 6.09. The summed E-state index contributed by atoms with van der Waals surface area (Å²) in [5.74, 6) is -1.83. The van der Waals surface area contributed by atoms with Crippen LogP contribution in [0.2, 0.25) is 0 Å². The Hall–Kier alpha value is -1.17.